The Labute approximate surface area is 175 Å². The molecule has 0 unspecified atom stereocenters. The maximum atomic E-state index is 12.2. The molecule has 6 heteroatoms. The molecule has 0 saturated heterocycles. The predicted octanol–water partition coefficient (Wildman–Crippen LogP) is 4.50. The van der Waals surface area contributed by atoms with Gasteiger partial charge in [-0.25, -0.2) is 9.59 Å². The lowest BCUT2D eigenvalue weighted by Gasteiger charge is -2.12. The SMILES string of the molecule is C=CCOC(=O)c1ccc2c(c1)c(C)c(C)n2Cc1ccc(O[C@H](C)C(=O)O)cc1. The van der Waals surface area contributed by atoms with Crippen molar-refractivity contribution in [2.75, 3.05) is 6.61 Å². The van der Waals surface area contributed by atoms with Gasteiger partial charge in [0.1, 0.15) is 12.4 Å². The Morgan fingerprint density at radius 1 is 1.17 bits per heavy atom. The molecule has 0 amide bonds. The second-order valence-electron chi connectivity index (χ2n) is 7.16. The number of benzene rings is 2. The summed E-state index contributed by atoms with van der Waals surface area (Å²) in [5.74, 6) is -0.855. The fourth-order valence-electron chi connectivity index (χ4n) is 3.31. The Kier molecular flexibility index (Phi) is 6.26. The molecular weight excluding hydrogens is 382 g/mol. The zero-order valence-corrected chi connectivity index (χ0v) is 17.3. The smallest absolute Gasteiger partial charge is 0.344 e. The Hall–Kier alpha value is -3.54. The fraction of sp³-hybridized carbons (Fsp3) is 0.250. The van der Waals surface area contributed by atoms with Gasteiger partial charge in [0, 0.05) is 23.1 Å². The number of esters is 1. The zero-order valence-electron chi connectivity index (χ0n) is 17.3. The van der Waals surface area contributed by atoms with Gasteiger partial charge in [-0.05, 0) is 62.2 Å². The molecule has 30 heavy (non-hydrogen) atoms. The van der Waals surface area contributed by atoms with Crippen LogP contribution in [0.15, 0.2) is 55.1 Å². The van der Waals surface area contributed by atoms with Crippen molar-refractivity contribution in [3.63, 3.8) is 0 Å². The maximum Gasteiger partial charge on any atom is 0.344 e. The van der Waals surface area contributed by atoms with Gasteiger partial charge in [0.25, 0.3) is 0 Å². The second-order valence-corrected chi connectivity index (χ2v) is 7.16. The van der Waals surface area contributed by atoms with E-state index in [1.165, 1.54) is 6.92 Å². The number of fused-ring (bicyclic) bond motifs is 1. The largest absolute Gasteiger partial charge is 0.479 e. The molecule has 1 atom stereocenters. The number of hydrogen-bond donors (Lipinski definition) is 1. The third kappa shape index (κ3) is 4.38. The molecule has 6 nitrogen and oxygen atoms in total. The Morgan fingerprint density at radius 2 is 1.87 bits per heavy atom. The highest BCUT2D eigenvalue weighted by atomic mass is 16.5. The van der Waals surface area contributed by atoms with Crippen molar-refractivity contribution < 1.29 is 24.2 Å². The summed E-state index contributed by atoms with van der Waals surface area (Å²) >= 11 is 0. The quantitative estimate of drug-likeness (QED) is 0.439. The molecule has 3 aromatic rings. The van der Waals surface area contributed by atoms with E-state index in [4.69, 9.17) is 14.6 Å². The summed E-state index contributed by atoms with van der Waals surface area (Å²) in [5.41, 5.74) is 4.82. The molecule has 0 radical (unpaired) electrons. The first-order valence-corrected chi connectivity index (χ1v) is 9.67. The van der Waals surface area contributed by atoms with Crippen LogP contribution in [0.25, 0.3) is 10.9 Å². The normalized spacial score (nSPS) is 11.8. The minimum absolute atomic E-state index is 0.181. The van der Waals surface area contributed by atoms with E-state index < -0.39 is 12.1 Å². The van der Waals surface area contributed by atoms with E-state index in [0.717, 1.165) is 27.7 Å². The molecule has 0 aliphatic carbocycles. The number of aryl methyl sites for hydroxylation is 1. The number of aliphatic carboxylic acids is 1. The van der Waals surface area contributed by atoms with E-state index in [-0.39, 0.29) is 12.6 Å². The van der Waals surface area contributed by atoms with E-state index >= 15 is 0 Å². The summed E-state index contributed by atoms with van der Waals surface area (Å²) in [6, 6.07) is 13.0. The minimum Gasteiger partial charge on any atom is -0.479 e. The van der Waals surface area contributed by atoms with E-state index in [1.807, 2.05) is 31.2 Å². The average Bonchev–Trinajstić information content (AvgIpc) is 2.97. The summed E-state index contributed by atoms with van der Waals surface area (Å²) in [6.45, 7) is 9.97. The topological polar surface area (TPSA) is 77.8 Å². The molecular formula is C24H25NO5. The highest BCUT2D eigenvalue weighted by Crippen LogP contribution is 2.28. The van der Waals surface area contributed by atoms with Crippen LogP contribution in [-0.4, -0.2) is 34.3 Å². The molecule has 0 fully saturated rings. The summed E-state index contributed by atoms with van der Waals surface area (Å²) in [6.07, 6.45) is 0.641. The van der Waals surface area contributed by atoms with E-state index in [1.54, 1.807) is 24.3 Å². The fourth-order valence-corrected chi connectivity index (χ4v) is 3.31. The van der Waals surface area contributed by atoms with Gasteiger partial charge < -0.3 is 19.1 Å². The van der Waals surface area contributed by atoms with Gasteiger partial charge in [-0.2, -0.15) is 0 Å². The van der Waals surface area contributed by atoms with Crippen LogP contribution in [0.5, 0.6) is 5.75 Å². The molecule has 0 aliphatic rings. The number of carboxylic acid groups (broad SMARTS) is 1. The van der Waals surface area contributed by atoms with Gasteiger partial charge in [0.05, 0.1) is 5.56 Å². The summed E-state index contributed by atoms with van der Waals surface area (Å²) < 4.78 is 12.7. The molecule has 1 heterocycles. The standard InChI is InChI=1S/C24H25NO5/c1-5-12-29-24(28)19-8-11-22-21(13-19)15(2)16(3)25(22)14-18-6-9-20(10-7-18)30-17(4)23(26)27/h5-11,13,17H,1,12,14H2,2-4H3,(H,26,27)/t17-/m1/s1. The van der Waals surface area contributed by atoms with Crippen LogP contribution in [0, 0.1) is 13.8 Å². The van der Waals surface area contributed by atoms with Crippen LogP contribution in [0.3, 0.4) is 0 Å². The summed E-state index contributed by atoms with van der Waals surface area (Å²) in [4.78, 5) is 23.1. The van der Waals surface area contributed by atoms with Gasteiger partial charge in [-0.1, -0.05) is 24.8 Å². The molecule has 2 aromatic carbocycles. The van der Waals surface area contributed by atoms with Crippen molar-refractivity contribution in [1.82, 2.24) is 4.57 Å². The van der Waals surface area contributed by atoms with Gasteiger partial charge in [-0.15, -0.1) is 0 Å². The maximum absolute atomic E-state index is 12.2. The number of nitrogens with zero attached hydrogens (tertiary/aromatic N) is 1. The lowest BCUT2D eigenvalue weighted by Crippen LogP contribution is -2.22. The third-order valence-electron chi connectivity index (χ3n) is 5.13. The molecule has 3 rings (SSSR count). The van der Waals surface area contributed by atoms with Gasteiger partial charge >= 0.3 is 11.9 Å². The number of carbonyl (C=O) groups excluding carboxylic acids is 1. The number of aromatic nitrogens is 1. The van der Waals surface area contributed by atoms with Crippen molar-refractivity contribution in [3.8, 4) is 5.75 Å². The average molecular weight is 407 g/mol. The van der Waals surface area contributed by atoms with Crippen LogP contribution < -0.4 is 4.74 Å². The number of carbonyl (C=O) groups is 2. The molecule has 1 N–H and O–H groups in total. The van der Waals surface area contributed by atoms with Crippen LogP contribution >= 0.6 is 0 Å². The van der Waals surface area contributed by atoms with E-state index in [2.05, 4.69) is 18.1 Å². The number of carboxylic acids is 1. The Bertz CT molecular complexity index is 1090. The Balaban J connectivity index is 1.86. The van der Waals surface area contributed by atoms with Crippen molar-refractivity contribution in [2.24, 2.45) is 0 Å². The highest BCUT2D eigenvalue weighted by Gasteiger charge is 2.15. The highest BCUT2D eigenvalue weighted by molar-refractivity contribution is 5.96. The van der Waals surface area contributed by atoms with E-state index in [0.29, 0.717) is 17.9 Å². The minimum atomic E-state index is -1.00. The van der Waals surface area contributed by atoms with Crippen LogP contribution in [-0.2, 0) is 16.1 Å². The third-order valence-corrected chi connectivity index (χ3v) is 5.13. The molecule has 0 bridgehead atoms. The molecule has 156 valence electrons. The zero-order chi connectivity index (χ0) is 21.8. The first kappa shape index (κ1) is 21.2. The summed E-state index contributed by atoms with van der Waals surface area (Å²) in [5, 5.41) is 9.97. The van der Waals surface area contributed by atoms with E-state index in [9.17, 15) is 9.59 Å². The molecule has 0 spiro atoms. The van der Waals surface area contributed by atoms with Crippen molar-refractivity contribution in [3.05, 3.63) is 77.5 Å². The van der Waals surface area contributed by atoms with Crippen LogP contribution in [0.4, 0.5) is 0 Å². The molecule has 1 aromatic heterocycles. The van der Waals surface area contributed by atoms with Gasteiger partial charge in [0.2, 0.25) is 0 Å². The summed E-state index contributed by atoms with van der Waals surface area (Å²) in [7, 11) is 0. The molecule has 0 saturated carbocycles. The monoisotopic (exact) mass is 407 g/mol. The van der Waals surface area contributed by atoms with Crippen LogP contribution in [0.1, 0.15) is 34.1 Å². The van der Waals surface area contributed by atoms with Gasteiger partial charge in [0.15, 0.2) is 6.10 Å². The number of rotatable bonds is 8. The first-order valence-electron chi connectivity index (χ1n) is 9.67. The Morgan fingerprint density at radius 3 is 2.50 bits per heavy atom. The second kappa shape index (κ2) is 8.86. The lowest BCUT2D eigenvalue weighted by atomic mass is 10.1. The predicted molar refractivity (Wildman–Crippen MR) is 115 cm³/mol. The first-order chi connectivity index (χ1) is 14.3. The van der Waals surface area contributed by atoms with Crippen LogP contribution in [0.2, 0.25) is 0 Å². The van der Waals surface area contributed by atoms with Crippen molar-refractivity contribution in [1.29, 1.82) is 0 Å². The number of hydrogen-bond acceptors (Lipinski definition) is 4. The van der Waals surface area contributed by atoms with Gasteiger partial charge in [-0.3, -0.25) is 0 Å². The lowest BCUT2D eigenvalue weighted by molar-refractivity contribution is -0.144. The van der Waals surface area contributed by atoms with Crippen molar-refractivity contribution in [2.45, 2.75) is 33.4 Å². The van der Waals surface area contributed by atoms with Crippen molar-refractivity contribution >= 4 is 22.8 Å². The molecule has 0 aliphatic heterocycles. The number of ether oxygens (including phenoxy) is 2.